The minimum Gasteiger partial charge on any atom is -0.446 e. The predicted octanol–water partition coefficient (Wildman–Crippen LogP) is 5.77. The molecule has 45 heavy (non-hydrogen) atoms. The second kappa shape index (κ2) is 13.6. The van der Waals surface area contributed by atoms with Crippen LogP contribution in [0.1, 0.15) is 56.0 Å². The predicted molar refractivity (Wildman–Crippen MR) is 172 cm³/mol. The number of benzene rings is 2. The molecule has 0 radical (unpaired) electrons. The highest BCUT2D eigenvalue weighted by molar-refractivity contribution is 5.67. The van der Waals surface area contributed by atoms with Crippen LogP contribution in [0, 0.1) is 34.9 Å². The highest BCUT2D eigenvalue weighted by Gasteiger charge is 2.53. The van der Waals surface area contributed by atoms with Gasteiger partial charge in [-0.1, -0.05) is 19.1 Å². The summed E-state index contributed by atoms with van der Waals surface area (Å²) in [7, 11) is 1.60. The minimum absolute atomic E-state index is 0.0628. The van der Waals surface area contributed by atoms with E-state index in [1.165, 1.54) is 11.8 Å². The Morgan fingerprint density at radius 2 is 1.91 bits per heavy atom. The number of nitrogens with one attached hydrogen (secondary N) is 1. The van der Waals surface area contributed by atoms with E-state index in [1.54, 1.807) is 13.1 Å². The number of aromatic nitrogens is 2. The molecular weight excluding hydrogens is 567 g/mol. The molecule has 2 saturated heterocycles. The van der Waals surface area contributed by atoms with E-state index in [0.29, 0.717) is 18.0 Å². The summed E-state index contributed by atoms with van der Waals surface area (Å²) < 4.78 is 23.4. The number of nitrogens with zero attached hydrogens (tertiary/aromatic N) is 5. The molecule has 6 rings (SSSR count). The molecule has 9 heteroatoms. The molecule has 2 aromatic carbocycles. The molecule has 3 heterocycles. The van der Waals surface area contributed by atoms with Crippen molar-refractivity contribution in [3.63, 3.8) is 0 Å². The van der Waals surface area contributed by atoms with Gasteiger partial charge in [-0.25, -0.2) is 14.2 Å². The highest BCUT2D eigenvalue weighted by atomic mass is 19.1. The van der Waals surface area contributed by atoms with Crippen LogP contribution >= 0.6 is 0 Å². The van der Waals surface area contributed by atoms with E-state index in [0.717, 1.165) is 82.6 Å². The lowest BCUT2D eigenvalue weighted by molar-refractivity contribution is 0.00161. The summed E-state index contributed by atoms with van der Waals surface area (Å²) in [6, 6.07) is 17.2. The molecule has 1 aromatic heterocycles. The quantitative estimate of drug-likeness (QED) is 0.313. The standard InChI is InChI=1S/C36H45FN6O2/c1-3-34-40-16-19-42(34)25-36(29-6-4-7-30(37)20-29,32-8-5-9-33(32)45-35(44)39-2)28-14-17-41(18-15-28)22-27-23-43(24-27)31-12-10-26(21-38)11-13-31/h4,6-7,10-13,16,19-20,27-28,32-33H,3,5,8-9,14-15,17-18,22-25H2,1-2H3,(H,39,44)/t32-,33-,36+/m0/s1. The maximum atomic E-state index is 15.0. The van der Waals surface area contributed by atoms with Crippen LogP contribution in [-0.2, 0) is 23.1 Å². The van der Waals surface area contributed by atoms with Gasteiger partial charge in [-0.3, -0.25) is 0 Å². The van der Waals surface area contributed by atoms with Crippen LogP contribution in [0.3, 0.4) is 0 Å². The number of hydrogen-bond acceptors (Lipinski definition) is 6. The summed E-state index contributed by atoms with van der Waals surface area (Å²) >= 11 is 0. The summed E-state index contributed by atoms with van der Waals surface area (Å²) in [5.41, 5.74) is 2.46. The zero-order chi connectivity index (χ0) is 31.4. The van der Waals surface area contributed by atoms with E-state index < -0.39 is 11.5 Å². The van der Waals surface area contributed by atoms with Gasteiger partial charge in [-0.2, -0.15) is 5.26 Å². The smallest absolute Gasteiger partial charge is 0.407 e. The lowest BCUT2D eigenvalue weighted by atomic mass is 9.58. The average Bonchev–Trinajstić information content (AvgIpc) is 3.71. The third-order valence-electron chi connectivity index (χ3n) is 10.6. The number of alkyl carbamates (subject to hydrolysis) is 1. The maximum Gasteiger partial charge on any atom is 0.407 e. The summed E-state index contributed by atoms with van der Waals surface area (Å²) in [6.07, 6.45) is 8.83. The number of aryl methyl sites for hydroxylation is 1. The number of piperidine rings is 1. The molecule has 238 valence electrons. The SMILES string of the molecule is CCc1nccn1C[C@](c1cccc(F)c1)(C1CCN(CC2CN(c3ccc(C#N)cc3)C2)CC1)[C@H]1CCC[C@@H]1OC(=O)NC. The lowest BCUT2D eigenvalue weighted by Crippen LogP contribution is -2.55. The molecule has 1 saturated carbocycles. The first-order valence-electron chi connectivity index (χ1n) is 16.5. The number of carbonyl (C=O) groups is 1. The van der Waals surface area contributed by atoms with Crippen molar-refractivity contribution >= 4 is 11.8 Å². The summed E-state index contributed by atoms with van der Waals surface area (Å²) in [5, 5.41) is 11.8. The van der Waals surface area contributed by atoms with Crippen molar-refractivity contribution in [2.75, 3.05) is 44.7 Å². The number of rotatable bonds is 10. The van der Waals surface area contributed by atoms with Gasteiger partial charge < -0.3 is 24.4 Å². The second-order valence-electron chi connectivity index (χ2n) is 13.1. The van der Waals surface area contributed by atoms with E-state index in [-0.39, 0.29) is 23.8 Å². The third-order valence-corrected chi connectivity index (χ3v) is 10.6. The zero-order valence-corrected chi connectivity index (χ0v) is 26.5. The Bertz CT molecular complexity index is 1490. The number of likely N-dealkylation sites (tertiary alicyclic amines) is 1. The average molecular weight is 613 g/mol. The Morgan fingerprint density at radius 3 is 2.60 bits per heavy atom. The fourth-order valence-corrected chi connectivity index (χ4v) is 8.44. The Balaban J connectivity index is 1.23. The van der Waals surface area contributed by atoms with Crippen molar-refractivity contribution < 1.29 is 13.9 Å². The summed E-state index contributed by atoms with van der Waals surface area (Å²) in [4.78, 5) is 22.2. The fourth-order valence-electron chi connectivity index (χ4n) is 8.44. The van der Waals surface area contributed by atoms with E-state index in [4.69, 9.17) is 10.00 Å². The van der Waals surface area contributed by atoms with Gasteiger partial charge >= 0.3 is 6.09 Å². The third kappa shape index (κ3) is 6.44. The summed E-state index contributed by atoms with van der Waals surface area (Å²) in [5.74, 6) is 1.76. The summed E-state index contributed by atoms with van der Waals surface area (Å²) in [6.45, 7) is 7.92. The van der Waals surface area contributed by atoms with Crippen molar-refractivity contribution in [3.05, 3.63) is 83.7 Å². The Hall–Kier alpha value is -3.90. The molecule has 2 aliphatic heterocycles. The van der Waals surface area contributed by atoms with Gasteiger partial charge in [0.2, 0.25) is 0 Å². The monoisotopic (exact) mass is 612 g/mol. The first kappa shape index (κ1) is 31.1. The molecule has 0 bridgehead atoms. The van der Waals surface area contributed by atoms with Gasteiger partial charge in [-0.05, 0) is 93.1 Å². The number of nitriles is 1. The Labute approximate surface area is 266 Å². The van der Waals surface area contributed by atoms with Crippen LogP contribution in [0.2, 0.25) is 0 Å². The zero-order valence-electron chi connectivity index (χ0n) is 26.5. The molecule has 1 amide bonds. The largest absolute Gasteiger partial charge is 0.446 e. The lowest BCUT2D eigenvalue weighted by Gasteiger charge is -2.51. The van der Waals surface area contributed by atoms with Crippen molar-refractivity contribution in [1.82, 2.24) is 19.8 Å². The second-order valence-corrected chi connectivity index (χ2v) is 13.1. The van der Waals surface area contributed by atoms with E-state index in [1.807, 2.05) is 36.5 Å². The molecule has 0 spiro atoms. The van der Waals surface area contributed by atoms with Gasteiger partial charge in [0.15, 0.2) is 0 Å². The number of amides is 1. The molecular formula is C36H45FN6O2. The van der Waals surface area contributed by atoms with Crippen molar-refractivity contribution in [2.45, 2.75) is 63.5 Å². The molecule has 0 unspecified atom stereocenters. The van der Waals surface area contributed by atoms with Crippen LogP contribution in [0.25, 0.3) is 0 Å². The van der Waals surface area contributed by atoms with Gasteiger partial charge in [0.05, 0.1) is 11.6 Å². The van der Waals surface area contributed by atoms with Crippen LogP contribution in [0.5, 0.6) is 0 Å². The van der Waals surface area contributed by atoms with Crippen molar-refractivity contribution in [2.24, 2.45) is 17.8 Å². The molecule has 1 aliphatic carbocycles. The number of imidazole rings is 1. The molecule has 3 fully saturated rings. The highest BCUT2D eigenvalue weighted by Crippen LogP contribution is 2.52. The molecule has 3 aliphatic rings. The first-order chi connectivity index (χ1) is 21.9. The number of hydrogen-bond donors (Lipinski definition) is 1. The van der Waals surface area contributed by atoms with Crippen molar-refractivity contribution in [3.8, 4) is 6.07 Å². The molecule has 3 aromatic rings. The van der Waals surface area contributed by atoms with Crippen LogP contribution < -0.4 is 10.2 Å². The number of anilines is 1. The fraction of sp³-hybridized carbons (Fsp3) is 0.528. The van der Waals surface area contributed by atoms with Crippen LogP contribution in [-0.4, -0.2) is 66.4 Å². The van der Waals surface area contributed by atoms with Gasteiger partial charge in [0, 0.05) is 75.0 Å². The maximum absolute atomic E-state index is 15.0. The van der Waals surface area contributed by atoms with Crippen molar-refractivity contribution in [1.29, 1.82) is 5.26 Å². The van der Waals surface area contributed by atoms with Gasteiger partial charge in [0.1, 0.15) is 17.7 Å². The van der Waals surface area contributed by atoms with Crippen LogP contribution in [0.4, 0.5) is 14.9 Å². The topological polar surface area (TPSA) is 86.4 Å². The molecule has 1 N–H and O–H groups in total. The Kier molecular flexibility index (Phi) is 9.41. The number of halogens is 1. The normalized spacial score (nSPS) is 22.4. The van der Waals surface area contributed by atoms with E-state index in [2.05, 4.69) is 49.9 Å². The number of carbonyl (C=O) groups excluding carboxylic acids is 1. The Morgan fingerprint density at radius 1 is 1.13 bits per heavy atom. The minimum atomic E-state index is -0.420. The van der Waals surface area contributed by atoms with Crippen LogP contribution in [0.15, 0.2) is 60.9 Å². The van der Waals surface area contributed by atoms with E-state index >= 15 is 4.39 Å². The molecule has 8 nitrogen and oxygen atoms in total. The van der Waals surface area contributed by atoms with E-state index in [9.17, 15) is 4.79 Å². The van der Waals surface area contributed by atoms with Gasteiger partial charge in [0.25, 0.3) is 0 Å². The van der Waals surface area contributed by atoms with Gasteiger partial charge in [-0.15, -0.1) is 0 Å². The molecule has 3 atom stereocenters. The first-order valence-corrected chi connectivity index (χ1v) is 16.5. The number of ether oxygens (including phenoxy) is 1.